The fourth-order valence-electron chi connectivity index (χ4n) is 2.13. The van der Waals surface area contributed by atoms with Gasteiger partial charge in [0.15, 0.2) is 0 Å². The van der Waals surface area contributed by atoms with Crippen molar-refractivity contribution in [3.63, 3.8) is 0 Å². The molecule has 0 bridgehead atoms. The number of nitro groups is 1. The molecule has 0 aromatic carbocycles. The van der Waals surface area contributed by atoms with E-state index in [9.17, 15) is 10.1 Å². The average molecular weight is 256 g/mol. The summed E-state index contributed by atoms with van der Waals surface area (Å²) in [5.41, 5.74) is 0.0581. The molecule has 3 atom stereocenters. The van der Waals surface area contributed by atoms with Crippen molar-refractivity contribution < 1.29 is 19.1 Å². The highest BCUT2D eigenvalue weighted by atomic mass is 16.6. The zero-order valence-corrected chi connectivity index (χ0v) is 10.3. The highest BCUT2D eigenvalue weighted by molar-refractivity contribution is 5.26. The van der Waals surface area contributed by atoms with Crippen LogP contribution in [0.2, 0.25) is 0 Å². The van der Waals surface area contributed by atoms with Crippen molar-refractivity contribution >= 4 is 5.69 Å². The molecule has 1 aliphatic heterocycles. The third-order valence-electron chi connectivity index (χ3n) is 3.06. The predicted octanol–water partition coefficient (Wildman–Crippen LogP) is 1.35. The number of aromatic nitrogens is 1. The van der Waals surface area contributed by atoms with Crippen LogP contribution < -0.4 is 0 Å². The lowest BCUT2D eigenvalue weighted by molar-refractivity contribution is -0.384. The van der Waals surface area contributed by atoms with Gasteiger partial charge < -0.3 is 18.8 Å². The molecule has 0 saturated carbocycles. The Morgan fingerprint density at radius 3 is 2.94 bits per heavy atom. The first kappa shape index (κ1) is 13.0. The van der Waals surface area contributed by atoms with E-state index in [0.29, 0.717) is 13.0 Å². The van der Waals surface area contributed by atoms with Crippen LogP contribution in [-0.2, 0) is 14.2 Å². The smallest absolute Gasteiger partial charge is 0.286 e. The minimum Gasteiger partial charge on any atom is -0.382 e. The zero-order chi connectivity index (χ0) is 13.1. The largest absolute Gasteiger partial charge is 0.382 e. The number of nitrogens with zero attached hydrogens (tertiary/aromatic N) is 2. The van der Waals surface area contributed by atoms with E-state index in [1.165, 1.54) is 12.3 Å². The van der Waals surface area contributed by atoms with Gasteiger partial charge in [0.25, 0.3) is 5.69 Å². The van der Waals surface area contributed by atoms with Crippen molar-refractivity contribution in [2.75, 3.05) is 20.8 Å². The van der Waals surface area contributed by atoms with E-state index in [0.717, 1.165) is 0 Å². The van der Waals surface area contributed by atoms with Crippen LogP contribution in [-0.4, -0.2) is 42.5 Å². The van der Waals surface area contributed by atoms with Crippen molar-refractivity contribution in [2.45, 2.75) is 24.9 Å². The fourth-order valence-corrected chi connectivity index (χ4v) is 2.13. The highest BCUT2D eigenvalue weighted by Gasteiger charge is 2.36. The number of ether oxygens (including phenoxy) is 3. The van der Waals surface area contributed by atoms with Gasteiger partial charge in [-0.15, -0.1) is 0 Å². The molecule has 0 amide bonds. The number of rotatable bonds is 5. The van der Waals surface area contributed by atoms with Crippen LogP contribution in [0.4, 0.5) is 5.69 Å². The van der Waals surface area contributed by atoms with Crippen LogP contribution in [0.15, 0.2) is 18.5 Å². The molecule has 0 unspecified atom stereocenters. The molecule has 2 rings (SSSR count). The number of hydrogen-bond acceptors (Lipinski definition) is 5. The van der Waals surface area contributed by atoms with Crippen LogP contribution in [0.5, 0.6) is 0 Å². The van der Waals surface area contributed by atoms with Gasteiger partial charge in [0, 0.05) is 32.9 Å². The Kier molecular flexibility index (Phi) is 3.95. The summed E-state index contributed by atoms with van der Waals surface area (Å²) < 4.78 is 17.9. The Balaban J connectivity index is 2.07. The first-order chi connectivity index (χ1) is 8.65. The van der Waals surface area contributed by atoms with E-state index in [4.69, 9.17) is 14.2 Å². The summed E-state index contributed by atoms with van der Waals surface area (Å²) in [7, 11) is 3.22. The van der Waals surface area contributed by atoms with Crippen LogP contribution in [0.1, 0.15) is 12.6 Å². The van der Waals surface area contributed by atoms with Crippen molar-refractivity contribution in [3.05, 3.63) is 28.6 Å². The second kappa shape index (κ2) is 5.47. The van der Waals surface area contributed by atoms with Gasteiger partial charge >= 0.3 is 0 Å². The maximum atomic E-state index is 10.6. The molecule has 1 aromatic rings. The van der Waals surface area contributed by atoms with E-state index in [2.05, 4.69) is 0 Å². The SMILES string of the molecule is COC[C@H]1O[C@@H](n2ccc([N+](=O)[O-])c2)C[C@H]1OC. The Labute approximate surface area is 104 Å². The molecular formula is C11H16N2O5. The summed E-state index contributed by atoms with van der Waals surface area (Å²) in [6, 6.07) is 1.45. The molecular weight excluding hydrogens is 240 g/mol. The third kappa shape index (κ3) is 2.53. The maximum Gasteiger partial charge on any atom is 0.286 e. The quantitative estimate of drug-likeness (QED) is 0.587. The van der Waals surface area contributed by atoms with Crippen LogP contribution in [0.25, 0.3) is 0 Å². The standard InChI is InChI=1S/C11H16N2O5/c1-16-7-10-9(17-2)5-11(18-10)12-4-3-8(6-12)13(14)15/h3-4,6,9-11H,5,7H2,1-2H3/t9-,10-,11-/m1/s1. The topological polar surface area (TPSA) is 75.8 Å². The third-order valence-corrected chi connectivity index (χ3v) is 3.06. The van der Waals surface area contributed by atoms with E-state index in [1.807, 2.05) is 0 Å². The van der Waals surface area contributed by atoms with Gasteiger partial charge in [0.2, 0.25) is 0 Å². The van der Waals surface area contributed by atoms with Gasteiger partial charge in [0.05, 0.1) is 23.8 Å². The summed E-state index contributed by atoms with van der Waals surface area (Å²) >= 11 is 0. The second-order valence-electron chi connectivity index (χ2n) is 4.17. The second-order valence-corrected chi connectivity index (χ2v) is 4.17. The van der Waals surface area contributed by atoms with Crippen LogP contribution in [0.3, 0.4) is 0 Å². The summed E-state index contributed by atoms with van der Waals surface area (Å²) in [5, 5.41) is 10.6. The van der Waals surface area contributed by atoms with Crippen molar-refractivity contribution in [2.24, 2.45) is 0 Å². The first-order valence-corrected chi connectivity index (χ1v) is 5.64. The molecule has 7 heteroatoms. The number of methoxy groups -OCH3 is 2. The fraction of sp³-hybridized carbons (Fsp3) is 0.636. The molecule has 1 aliphatic rings. The summed E-state index contributed by atoms with van der Waals surface area (Å²) in [6.45, 7) is 0.443. The monoisotopic (exact) mass is 256 g/mol. The molecule has 1 saturated heterocycles. The van der Waals surface area contributed by atoms with Crippen molar-refractivity contribution in [3.8, 4) is 0 Å². The van der Waals surface area contributed by atoms with Gasteiger partial charge in [-0.1, -0.05) is 0 Å². The first-order valence-electron chi connectivity index (χ1n) is 5.64. The van der Waals surface area contributed by atoms with Crippen LogP contribution >= 0.6 is 0 Å². The Morgan fingerprint density at radius 2 is 2.39 bits per heavy atom. The molecule has 0 spiro atoms. The van der Waals surface area contributed by atoms with Gasteiger partial charge in [-0.05, 0) is 0 Å². The number of hydrogen-bond donors (Lipinski definition) is 0. The normalized spacial score (nSPS) is 27.6. The van der Waals surface area contributed by atoms with Gasteiger partial charge in [-0.3, -0.25) is 10.1 Å². The lowest BCUT2D eigenvalue weighted by Gasteiger charge is -2.15. The molecule has 100 valence electrons. The van der Waals surface area contributed by atoms with Crippen molar-refractivity contribution in [1.82, 2.24) is 4.57 Å². The molecule has 1 fully saturated rings. The zero-order valence-electron chi connectivity index (χ0n) is 10.3. The predicted molar refractivity (Wildman–Crippen MR) is 62.3 cm³/mol. The molecule has 18 heavy (non-hydrogen) atoms. The van der Waals surface area contributed by atoms with Crippen molar-refractivity contribution in [1.29, 1.82) is 0 Å². The molecule has 0 aliphatic carbocycles. The molecule has 0 radical (unpaired) electrons. The van der Waals surface area contributed by atoms with E-state index < -0.39 is 4.92 Å². The minimum atomic E-state index is -0.425. The van der Waals surface area contributed by atoms with Gasteiger partial charge in [0.1, 0.15) is 12.3 Å². The Hall–Kier alpha value is -1.44. The van der Waals surface area contributed by atoms with E-state index >= 15 is 0 Å². The molecule has 7 nitrogen and oxygen atoms in total. The van der Waals surface area contributed by atoms with Gasteiger partial charge in [-0.2, -0.15) is 0 Å². The summed E-state index contributed by atoms with van der Waals surface area (Å²) in [4.78, 5) is 10.2. The molecule has 1 aromatic heterocycles. The maximum absolute atomic E-state index is 10.6. The lowest BCUT2D eigenvalue weighted by atomic mass is 10.2. The Morgan fingerprint density at radius 1 is 1.61 bits per heavy atom. The molecule has 2 heterocycles. The highest BCUT2D eigenvalue weighted by Crippen LogP contribution is 2.31. The minimum absolute atomic E-state index is 0.0581. The Bertz CT molecular complexity index is 419. The van der Waals surface area contributed by atoms with Gasteiger partial charge in [-0.25, -0.2) is 0 Å². The average Bonchev–Trinajstić information content (AvgIpc) is 2.94. The van der Waals surface area contributed by atoms with Crippen LogP contribution in [0, 0.1) is 10.1 Å². The van der Waals surface area contributed by atoms with E-state index in [1.54, 1.807) is 25.0 Å². The molecule has 0 N–H and O–H groups in total. The summed E-state index contributed by atoms with van der Waals surface area (Å²) in [6.07, 6.45) is 3.31. The van der Waals surface area contributed by atoms with E-state index in [-0.39, 0.29) is 24.1 Å². The lowest BCUT2D eigenvalue weighted by Crippen LogP contribution is -2.27. The summed E-state index contributed by atoms with van der Waals surface area (Å²) in [5.74, 6) is 0.